The molecule has 20 heavy (non-hydrogen) atoms. The van der Waals surface area contributed by atoms with Gasteiger partial charge in [-0.1, -0.05) is 6.07 Å². The molecule has 0 radical (unpaired) electrons. The first-order valence-corrected chi connectivity index (χ1v) is 7.35. The molecule has 1 aliphatic carbocycles. The first kappa shape index (κ1) is 14.9. The minimum Gasteiger partial charge on any atom is -0.508 e. The summed E-state index contributed by atoms with van der Waals surface area (Å²) in [5.41, 5.74) is 0.762. The largest absolute Gasteiger partial charge is 0.508 e. The minimum atomic E-state index is 0.123. The monoisotopic (exact) mass is 277 g/mol. The second kappa shape index (κ2) is 6.75. The molecule has 0 aliphatic heterocycles. The Morgan fingerprint density at radius 3 is 2.75 bits per heavy atom. The SMILES string of the molecule is CCOC1CC(CC(=O)N(CC)c2cccc(O)c2)C1. The number of nitrogens with zero attached hydrogens (tertiary/aromatic N) is 1. The Morgan fingerprint density at radius 2 is 2.15 bits per heavy atom. The number of rotatable bonds is 6. The fourth-order valence-corrected chi connectivity index (χ4v) is 2.73. The van der Waals surface area contributed by atoms with Crippen LogP contribution in [0, 0.1) is 5.92 Å². The van der Waals surface area contributed by atoms with Crippen LogP contribution >= 0.6 is 0 Å². The Balaban J connectivity index is 1.90. The maximum Gasteiger partial charge on any atom is 0.227 e. The Morgan fingerprint density at radius 1 is 1.40 bits per heavy atom. The van der Waals surface area contributed by atoms with Gasteiger partial charge in [0.2, 0.25) is 5.91 Å². The van der Waals surface area contributed by atoms with Gasteiger partial charge in [-0.15, -0.1) is 0 Å². The highest BCUT2D eigenvalue weighted by molar-refractivity contribution is 5.93. The van der Waals surface area contributed by atoms with E-state index in [1.54, 1.807) is 23.1 Å². The Kier molecular flexibility index (Phi) is 5.01. The number of hydrogen-bond acceptors (Lipinski definition) is 3. The molecule has 0 aromatic heterocycles. The van der Waals surface area contributed by atoms with Gasteiger partial charge in [0.25, 0.3) is 0 Å². The molecule has 1 fully saturated rings. The standard InChI is InChI=1S/C16H23NO3/c1-3-17(13-6-5-7-14(18)11-13)16(19)10-12-8-15(9-12)20-4-2/h5-7,11-12,15,18H,3-4,8-10H2,1-2H3. The van der Waals surface area contributed by atoms with Crippen molar-refractivity contribution in [2.75, 3.05) is 18.1 Å². The number of benzene rings is 1. The summed E-state index contributed by atoms with van der Waals surface area (Å²) in [6.45, 7) is 5.31. The van der Waals surface area contributed by atoms with Crippen LogP contribution in [0.1, 0.15) is 33.1 Å². The van der Waals surface area contributed by atoms with E-state index in [1.807, 2.05) is 19.9 Å². The molecule has 4 heteroatoms. The average molecular weight is 277 g/mol. The lowest BCUT2D eigenvalue weighted by atomic mass is 9.79. The van der Waals surface area contributed by atoms with E-state index in [-0.39, 0.29) is 11.7 Å². The second-order valence-electron chi connectivity index (χ2n) is 5.28. The minimum absolute atomic E-state index is 0.123. The smallest absolute Gasteiger partial charge is 0.227 e. The topological polar surface area (TPSA) is 49.8 Å². The van der Waals surface area contributed by atoms with Crippen molar-refractivity contribution in [3.8, 4) is 5.75 Å². The summed E-state index contributed by atoms with van der Waals surface area (Å²) in [7, 11) is 0. The highest BCUT2D eigenvalue weighted by atomic mass is 16.5. The van der Waals surface area contributed by atoms with Crippen LogP contribution in [0.3, 0.4) is 0 Å². The zero-order valence-electron chi connectivity index (χ0n) is 12.2. The second-order valence-corrected chi connectivity index (χ2v) is 5.28. The third-order valence-corrected chi connectivity index (χ3v) is 3.82. The van der Waals surface area contributed by atoms with Crippen LogP contribution in [0.5, 0.6) is 5.75 Å². The summed E-state index contributed by atoms with van der Waals surface area (Å²) >= 11 is 0. The van der Waals surface area contributed by atoms with Crippen LogP contribution < -0.4 is 4.90 Å². The van der Waals surface area contributed by atoms with Crippen molar-refractivity contribution in [3.63, 3.8) is 0 Å². The summed E-state index contributed by atoms with van der Waals surface area (Å²) in [5, 5.41) is 9.52. The average Bonchev–Trinajstić information content (AvgIpc) is 2.37. The third kappa shape index (κ3) is 3.51. The highest BCUT2D eigenvalue weighted by Gasteiger charge is 2.32. The Hall–Kier alpha value is -1.55. The van der Waals surface area contributed by atoms with E-state index in [0.717, 1.165) is 25.1 Å². The molecule has 1 saturated carbocycles. The first-order chi connectivity index (χ1) is 9.63. The third-order valence-electron chi connectivity index (χ3n) is 3.82. The molecule has 2 rings (SSSR count). The number of phenolic OH excluding ortho intramolecular Hbond substituents is 1. The predicted molar refractivity (Wildman–Crippen MR) is 78.9 cm³/mol. The molecule has 0 unspecified atom stereocenters. The van der Waals surface area contributed by atoms with E-state index in [9.17, 15) is 9.90 Å². The summed E-state index contributed by atoms with van der Waals surface area (Å²) in [6, 6.07) is 6.85. The number of anilines is 1. The van der Waals surface area contributed by atoms with Crippen molar-refractivity contribution in [1.29, 1.82) is 0 Å². The summed E-state index contributed by atoms with van der Waals surface area (Å²) in [4.78, 5) is 14.1. The molecule has 110 valence electrons. The van der Waals surface area contributed by atoms with E-state index in [2.05, 4.69) is 0 Å². The van der Waals surface area contributed by atoms with Gasteiger partial charge in [-0.2, -0.15) is 0 Å². The fourth-order valence-electron chi connectivity index (χ4n) is 2.73. The molecule has 4 nitrogen and oxygen atoms in total. The van der Waals surface area contributed by atoms with Gasteiger partial charge in [0.1, 0.15) is 5.75 Å². The van der Waals surface area contributed by atoms with Crippen molar-refractivity contribution in [1.82, 2.24) is 0 Å². The van der Waals surface area contributed by atoms with Crippen LogP contribution in [0.25, 0.3) is 0 Å². The lowest BCUT2D eigenvalue weighted by molar-refractivity contribution is -0.121. The zero-order chi connectivity index (χ0) is 14.5. The molecule has 0 spiro atoms. The van der Waals surface area contributed by atoms with Crippen molar-refractivity contribution < 1.29 is 14.6 Å². The molecular weight excluding hydrogens is 254 g/mol. The number of phenols is 1. The lowest BCUT2D eigenvalue weighted by Crippen LogP contribution is -2.38. The van der Waals surface area contributed by atoms with Gasteiger partial charge in [-0.05, 0) is 44.7 Å². The molecular formula is C16H23NO3. The van der Waals surface area contributed by atoms with Crippen LogP contribution in [0.2, 0.25) is 0 Å². The van der Waals surface area contributed by atoms with Crippen molar-refractivity contribution in [2.24, 2.45) is 5.92 Å². The predicted octanol–water partition coefficient (Wildman–Crippen LogP) is 2.95. The van der Waals surface area contributed by atoms with Crippen molar-refractivity contribution in [3.05, 3.63) is 24.3 Å². The van der Waals surface area contributed by atoms with Crippen LogP contribution in [-0.4, -0.2) is 30.3 Å². The van der Waals surface area contributed by atoms with Crippen LogP contribution in [0.15, 0.2) is 24.3 Å². The van der Waals surface area contributed by atoms with E-state index in [0.29, 0.717) is 25.0 Å². The van der Waals surface area contributed by atoms with Gasteiger partial charge in [0, 0.05) is 31.3 Å². The molecule has 0 saturated heterocycles. The normalized spacial score (nSPS) is 21.3. The number of aromatic hydroxyl groups is 1. The number of amides is 1. The van der Waals surface area contributed by atoms with Gasteiger partial charge < -0.3 is 14.7 Å². The molecule has 1 aromatic rings. The van der Waals surface area contributed by atoms with Gasteiger partial charge >= 0.3 is 0 Å². The van der Waals surface area contributed by atoms with Crippen molar-refractivity contribution >= 4 is 11.6 Å². The molecule has 1 N–H and O–H groups in total. The molecule has 0 atom stereocenters. The Labute approximate surface area is 120 Å². The summed E-state index contributed by atoms with van der Waals surface area (Å²) < 4.78 is 5.52. The first-order valence-electron chi connectivity index (χ1n) is 7.35. The van der Waals surface area contributed by atoms with Gasteiger partial charge in [-0.3, -0.25) is 4.79 Å². The van der Waals surface area contributed by atoms with E-state index in [1.165, 1.54) is 0 Å². The number of carbonyl (C=O) groups excluding carboxylic acids is 1. The van der Waals surface area contributed by atoms with E-state index >= 15 is 0 Å². The maximum absolute atomic E-state index is 12.4. The molecule has 1 aromatic carbocycles. The van der Waals surface area contributed by atoms with Gasteiger partial charge in [0.05, 0.1) is 6.10 Å². The van der Waals surface area contributed by atoms with E-state index in [4.69, 9.17) is 4.74 Å². The van der Waals surface area contributed by atoms with Gasteiger partial charge in [0.15, 0.2) is 0 Å². The number of hydrogen-bond donors (Lipinski definition) is 1. The van der Waals surface area contributed by atoms with Crippen LogP contribution in [-0.2, 0) is 9.53 Å². The number of ether oxygens (including phenoxy) is 1. The van der Waals surface area contributed by atoms with Crippen LogP contribution in [0.4, 0.5) is 5.69 Å². The highest BCUT2D eigenvalue weighted by Crippen LogP contribution is 2.33. The van der Waals surface area contributed by atoms with Gasteiger partial charge in [-0.25, -0.2) is 0 Å². The lowest BCUT2D eigenvalue weighted by Gasteiger charge is -2.35. The Bertz CT molecular complexity index is 455. The molecule has 1 amide bonds. The molecule has 0 bridgehead atoms. The number of carbonyl (C=O) groups is 1. The summed E-state index contributed by atoms with van der Waals surface area (Å²) in [6.07, 6.45) is 2.87. The molecule has 1 aliphatic rings. The maximum atomic E-state index is 12.4. The quantitative estimate of drug-likeness (QED) is 0.869. The zero-order valence-corrected chi connectivity index (χ0v) is 12.2. The summed E-state index contributed by atoms with van der Waals surface area (Å²) in [5.74, 6) is 0.747. The van der Waals surface area contributed by atoms with E-state index < -0.39 is 0 Å². The fraction of sp³-hybridized carbons (Fsp3) is 0.562. The molecule has 0 heterocycles. The van der Waals surface area contributed by atoms with Crippen molar-refractivity contribution in [2.45, 2.75) is 39.2 Å².